The summed E-state index contributed by atoms with van der Waals surface area (Å²) in [7, 11) is 0. The van der Waals surface area contributed by atoms with E-state index >= 15 is 0 Å². The maximum atomic E-state index is 11.0. The lowest BCUT2D eigenvalue weighted by Crippen LogP contribution is -1.97. The van der Waals surface area contributed by atoms with Crippen molar-refractivity contribution in [3.63, 3.8) is 0 Å². The van der Waals surface area contributed by atoms with Crippen LogP contribution in [-0.2, 0) is 0 Å². The summed E-state index contributed by atoms with van der Waals surface area (Å²) in [6.07, 6.45) is 0. The van der Waals surface area contributed by atoms with Crippen LogP contribution < -0.4 is 5.73 Å². The van der Waals surface area contributed by atoms with Crippen molar-refractivity contribution < 1.29 is 9.90 Å². The molecule has 0 aliphatic heterocycles. The molecule has 3 nitrogen and oxygen atoms in total. The lowest BCUT2D eigenvalue weighted by atomic mass is 10.2. The second kappa shape index (κ2) is 4.72. The minimum Gasteiger partial charge on any atom is -0.477 e. The van der Waals surface area contributed by atoms with Gasteiger partial charge in [0.25, 0.3) is 0 Å². The topological polar surface area (TPSA) is 63.3 Å². The van der Waals surface area contributed by atoms with Crippen LogP contribution in [0.4, 0.5) is 5.69 Å². The van der Waals surface area contributed by atoms with Crippen LogP contribution in [0.1, 0.15) is 15.2 Å². The van der Waals surface area contributed by atoms with Crippen LogP contribution in [0, 0.1) is 6.92 Å². The number of aromatic carboxylic acids is 1. The highest BCUT2D eigenvalue weighted by atomic mass is 79.9. The van der Waals surface area contributed by atoms with Gasteiger partial charge in [-0.25, -0.2) is 4.79 Å². The monoisotopic (exact) mass is 395 g/mol. The van der Waals surface area contributed by atoms with Crippen molar-refractivity contribution in [1.82, 2.24) is 0 Å². The Morgan fingerprint density at radius 3 is 2.47 bits per heavy atom. The van der Waals surface area contributed by atoms with Gasteiger partial charge in [0.05, 0.1) is 14.4 Å². The molecule has 0 saturated heterocycles. The van der Waals surface area contributed by atoms with Crippen LogP contribution in [0.3, 0.4) is 0 Å². The van der Waals surface area contributed by atoms with E-state index in [9.17, 15) is 4.79 Å². The molecule has 0 radical (unpaired) electrons. The van der Waals surface area contributed by atoms with E-state index < -0.39 is 5.97 Å². The Morgan fingerprint density at radius 1 is 1.41 bits per heavy atom. The number of nitrogen functional groups attached to an aromatic ring is 1. The summed E-state index contributed by atoms with van der Waals surface area (Å²) in [5, 5.41) is 9.03. The van der Waals surface area contributed by atoms with Crippen LogP contribution in [0.15, 0.2) is 14.3 Å². The fraction of sp³-hybridized carbons (Fsp3) is 0.100. The summed E-state index contributed by atoms with van der Waals surface area (Å²) in [5.41, 5.74) is 6.98. The summed E-state index contributed by atoms with van der Waals surface area (Å²) in [6.45, 7) is 1.84. The summed E-state index contributed by atoms with van der Waals surface area (Å²) < 4.78 is 1.94. The Morgan fingerprint density at radius 2 is 2.06 bits per heavy atom. The molecule has 3 N–H and O–H groups in total. The first-order valence-corrected chi connectivity index (χ1v) is 7.71. The zero-order valence-electron chi connectivity index (χ0n) is 8.58. The summed E-state index contributed by atoms with van der Waals surface area (Å²) in [5.74, 6) is -0.975. The van der Waals surface area contributed by atoms with E-state index in [1.807, 2.05) is 13.0 Å². The van der Waals surface area contributed by atoms with Crippen LogP contribution in [0.2, 0.25) is 0 Å². The third-order valence-corrected chi connectivity index (χ3v) is 6.99. The highest BCUT2D eigenvalue weighted by Crippen LogP contribution is 2.44. The quantitative estimate of drug-likeness (QED) is 0.780. The first-order chi connectivity index (χ1) is 7.91. The molecule has 2 heterocycles. The number of nitrogens with two attached hydrogens (primary N) is 1. The fourth-order valence-corrected chi connectivity index (χ4v) is 4.64. The van der Waals surface area contributed by atoms with E-state index in [1.54, 1.807) is 11.3 Å². The lowest BCUT2D eigenvalue weighted by Gasteiger charge is -1.94. The number of thiophene rings is 2. The predicted octanol–water partition coefficient (Wildman–Crippen LogP) is 4.59. The second-order valence-electron chi connectivity index (χ2n) is 3.34. The zero-order chi connectivity index (χ0) is 12.7. The SMILES string of the molecule is Cc1c(-c2cc(Br)c(Br)s2)sc(C(=O)O)c1N. The molecule has 0 atom stereocenters. The first kappa shape index (κ1) is 13.1. The first-order valence-electron chi connectivity index (χ1n) is 4.49. The average molecular weight is 397 g/mol. The third-order valence-electron chi connectivity index (χ3n) is 2.26. The number of rotatable bonds is 2. The maximum absolute atomic E-state index is 11.0. The molecule has 0 bridgehead atoms. The van der Waals surface area contributed by atoms with Crippen LogP contribution in [-0.4, -0.2) is 11.1 Å². The minimum atomic E-state index is -0.975. The van der Waals surface area contributed by atoms with Gasteiger partial charge in [0.15, 0.2) is 0 Å². The molecular formula is C10H7Br2NO2S2. The van der Waals surface area contributed by atoms with Gasteiger partial charge in [0.1, 0.15) is 4.88 Å². The summed E-state index contributed by atoms with van der Waals surface area (Å²) in [6, 6.07) is 1.96. The molecule has 0 aliphatic carbocycles. The molecule has 0 spiro atoms. The molecule has 2 rings (SSSR count). The van der Waals surface area contributed by atoms with Crippen molar-refractivity contribution in [2.75, 3.05) is 5.73 Å². The van der Waals surface area contributed by atoms with Gasteiger partial charge in [0, 0.05) is 9.35 Å². The molecule has 0 fully saturated rings. The minimum absolute atomic E-state index is 0.207. The van der Waals surface area contributed by atoms with Gasteiger partial charge in [0.2, 0.25) is 0 Å². The van der Waals surface area contributed by atoms with E-state index in [0.29, 0.717) is 5.69 Å². The lowest BCUT2D eigenvalue weighted by molar-refractivity contribution is 0.0703. The Kier molecular flexibility index (Phi) is 3.63. The molecule has 0 aromatic carbocycles. The van der Waals surface area contributed by atoms with E-state index in [0.717, 1.165) is 23.6 Å². The van der Waals surface area contributed by atoms with E-state index in [4.69, 9.17) is 10.8 Å². The number of hydrogen-bond donors (Lipinski definition) is 2. The molecule has 0 saturated carbocycles. The van der Waals surface area contributed by atoms with Crippen molar-refractivity contribution in [3.05, 3.63) is 24.8 Å². The molecule has 2 aromatic heterocycles. The van der Waals surface area contributed by atoms with Gasteiger partial charge in [-0.2, -0.15) is 0 Å². The molecule has 0 amide bonds. The Hall–Kier alpha value is -0.370. The number of carbonyl (C=O) groups is 1. The molecule has 2 aromatic rings. The van der Waals surface area contributed by atoms with Crippen LogP contribution >= 0.6 is 54.5 Å². The smallest absolute Gasteiger partial charge is 0.348 e. The molecule has 0 unspecified atom stereocenters. The fourth-order valence-electron chi connectivity index (χ4n) is 1.38. The highest BCUT2D eigenvalue weighted by Gasteiger charge is 2.20. The molecular weight excluding hydrogens is 390 g/mol. The van der Waals surface area contributed by atoms with Gasteiger partial charge < -0.3 is 10.8 Å². The largest absolute Gasteiger partial charge is 0.477 e. The highest BCUT2D eigenvalue weighted by molar-refractivity contribution is 9.13. The van der Waals surface area contributed by atoms with Crippen molar-refractivity contribution in [1.29, 1.82) is 0 Å². The van der Waals surface area contributed by atoms with Crippen LogP contribution in [0.5, 0.6) is 0 Å². The van der Waals surface area contributed by atoms with Gasteiger partial charge in [-0.05, 0) is 50.4 Å². The Balaban J connectivity index is 2.60. The van der Waals surface area contributed by atoms with Crippen molar-refractivity contribution >= 4 is 66.2 Å². The average Bonchev–Trinajstić information content (AvgIpc) is 2.71. The number of halogens is 2. The number of carboxylic acids is 1. The van der Waals surface area contributed by atoms with Crippen molar-refractivity contribution in [3.8, 4) is 9.75 Å². The van der Waals surface area contributed by atoms with Gasteiger partial charge in [-0.1, -0.05) is 0 Å². The van der Waals surface area contributed by atoms with Gasteiger partial charge >= 0.3 is 5.97 Å². The van der Waals surface area contributed by atoms with Gasteiger partial charge in [-0.15, -0.1) is 22.7 Å². The number of carboxylic acid groups (broad SMARTS) is 1. The van der Waals surface area contributed by atoms with Crippen molar-refractivity contribution in [2.24, 2.45) is 0 Å². The summed E-state index contributed by atoms with van der Waals surface area (Å²) >= 11 is 9.59. The second-order valence-corrected chi connectivity index (χ2v) is 7.58. The van der Waals surface area contributed by atoms with Gasteiger partial charge in [-0.3, -0.25) is 0 Å². The zero-order valence-corrected chi connectivity index (χ0v) is 13.4. The Bertz CT molecular complexity index is 584. The molecule has 90 valence electrons. The predicted molar refractivity (Wildman–Crippen MR) is 79.1 cm³/mol. The standard InChI is InChI=1S/C10H7Br2NO2S2/c1-3-6(13)8(10(14)15)17-7(3)5-2-4(11)9(12)16-5/h2H,13H2,1H3,(H,14,15). The van der Waals surface area contributed by atoms with E-state index in [-0.39, 0.29) is 4.88 Å². The third kappa shape index (κ3) is 2.29. The van der Waals surface area contributed by atoms with E-state index in [2.05, 4.69) is 31.9 Å². The van der Waals surface area contributed by atoms with Crippen molar-refractivity contribution in [2.45, 2.75) is 6.92 Å². The Labute approximate surface area is 123 Å². The summed E-state index contributed by atoms with van der Waals surface area (Å²) in [4.78, 5) is 13.1. The van der Waals surface area contributed by atoms with E-state index in [1.165, 1.54) is 11.3 Å². The number of anilines is 1. The normalized spacial score (nSPS) is 10.8. The maximum Gasteiger partial charge on any atom is 0.348 e. The molecule has 0 aliphatic rings. The van der Waals surface area contributed by atoms with Crippen LogP contribution in [0.25, 0.3) is 9.75 Å². The molecule has 17 heavy (non-hydrogen) atoms. The number of hydrogen-bond acceptors (Lipinski definition) is 4. The molecule has 7 heteroatoms.